The lowest BCUT2D eigenvalue weighted by Gasteiger charge is -2.24. The molecule has 52 heavy (non-hydrogen) atoms. The molecule has 0 radical (unpaired) electrons. The van der Waals surface area contributed by atoms with Gasteiger partial charge < -0.3 is 39.0 Å². The number of carboxylic acid groups (broad SMARTS) is 1. The van der Waals surface area contributed by atoms with Gasteiger partial charge in [0.15, 0.2) is 36.2 Å². The highest BCUT2D eigenvalue weighted by Gasteiger charge is 2.31. The van der Waals surface area contributed by atoms with Gasteiger partial charge in [0, 0.05) is 11.5 Å². The fourth-order valence-electron chi connectivity index (χ4n) is 5.55. The molecule has 0 aliphatic carbocycles. The Morgan fingerprint density at radius 3 is 2.23 bits per heavy atom. The summed E-state index contributed by atoms with van der Waals surface area (Å²) in [6.07, 6.45) is 1.77. The predicted octanol–water partition coefficient (Wildman–Crippen LogP) is 7.90. The maximum Gasteiger partial charge on any atom is 0.408 e. The molecule has 2 aromatic heterocycles. The highest BCUT2D eigenvalue weighted by atomic mass is 35.5. The first-order valence-electron chi connectivity index (χ1n) is 16.0. The zero-order chi connectivity index (χ0) is 37.6. The molecule has 0 spiro atoms. The number of nitrogens with zero attached hydrogens (tertiary/aromatic N) is 2. The van der Waals surface area contributed by atoms with Crippen molar-refractivity contribution in [3.8, 4) is 17.2 Å². The molecule has 12 nitrogen and oxygen atoms in total. The summed E-state index contributed by atoms with van der Waals surface area (Å²) in [5, 5.41) is 25.3. The van der Waals surface area contributed by atoms with Crippen LogP contribution in [-0.4, -0.2) is 42.0 Å². The van der Waals surface area contributed by atoms with E-state index >= 15 is 0 Å². The van der Waals surface area contributed by atoms with Gasteiger partial charge in [0.25, 0.3) is 0 Å². The quantitative estimate of drug-likeness (QED) is 0.0896. The van der Waals surface area contributed by atoms with Crippen molar-refractivity contribution >= 4 is 35.3 Å². The lowest BCUT2D eigenvalue weighted by molar-refractivity contribution is -0.605. The van der Waals surface area contributed by atoms with Crippen molar-refractivity contribution in [2.24, 2.45) is 0 Å². The van der Waals surface area contributed by atoms with Crippen LogP contribution in [0, 0.1) is 5.21 Å². The number of ether oxygens (including phenoxy) is 4. The minimum absolute atomic E-state index is 0.00348. The molecule has 0 aliphatic rings. The van der Waals surface area contributed by atoms with Crippen LogP contribution in [-0.2, 0) is 17.8 Å². The van der Waals surface area contributed by atoms with E-state index in [-0.39, 0.29) is 40.4 Å². The average Bonchev–Trinajstić information content (AvgIpc) is 3.53. The topological polar surface area (TPSA) is 156 Å². The summed E-state index contributed by atoms with van der Waals surface area (Å²) in [6.45, 7) is 5.12. The third-order valence-electron chi connectivity index (χ3n) is 7.84. The minimum Gasteiger partial charge on any atom is -0.619 e. The first kappa shape index (κ1) is 37.8. The number of halogens is 2. The normalized spacial score (nSPS) is 12.4. The van der Waals surface area contributed by atoms with Crippen LogP contribution < -0.4 is 24.3 Å². The fraction of sp³-hybridized carbons (Fsp3) is 0.263. The van der Waals surface area contributed by atoms with Crippen molar-refractivity contribution in [3.63, 3.8) is 0 Å². The highest BCUT2D eigenvalue weighted by molar-refractivity contribution is 6.35. The molecule has 0 unspecified atom stereocenters. The summed E-state index contributed by atoms with van der Waals surface area (Å²) in [5.74, 6) is -0.899. The number of methoxy groups -OCH3 is 2. The second-order valence-corrected chi connectivity index (χ2v) is 13.5. The van der Waals surface area contributed by atoms with Crippen LogP contribution in [0.15, 0.2) is 89.6 Å². The van der Waals surface area contributed by atoms with E-state index in [1.165, 1.54) is 14.2 Å². The number of rotatable bonds is 13. The van der Waals surface area contributed by atoms with Crippen molar-refractivity contribution in [1.82, 2.24) is 10.3 Å². The molecule has 0 aliphatic heterocycles. The molecule has 5 aromatic rings. The fourth-order valence-corrected chi connectivity index (χ4v) is 6.15. The van der Waals surface area contributed by atoms with Crippen molar-refractivity contribution in [2.75, 3.05) is 14.2 Å². The maximum atomic E-state index is 12.8. The number of carboxylic acids is 1. The van der Waals surface area contributed by atoms with Crippen LogP contribution in [0.25, 0.3) is 0 Å². The van der Waals surface area contributed by atoms with E-state index in [0.29, 0.717) is 38.7 Å². The van der Waals surface area contributed by atoms with Crippen molar-refractivity contribution < 1.29 is 42.8 Å². The summed E-state index contributed by atoms with van der Waals surface area (Å²) >= 11 is 12.9. The van der Waals surface area contributed by atoms with E-state index in [1.807, 2.05) is 36.4 Å². The summed E-state index contributed by atoms with van der Waals surface area (Å²) in [7, 11) is 2.98. The van der Waals surface area contributed by atoms with Gasteiger partial charge >= 0.3 is 12.1 Å². The van der Waals surface area contributed by atoms with Gasteiger partial charge in [0.05, 0.1) is 20.3 Å². The smallest absolute Gasteiger partial charge is 0.408 e. The van der Waals surface area contributed by atoms with Crippen molar-refractivity contribution in [3.05, 3.63) is 140 Å². The molecular weight excluding hydrogens is 713 g/mol. The molecule has 0 saturated heterocycles. The van der Waals surface area contributed by atoms with Gasteiger partial charge in [-0.25, -0.2) is 14.6 Å². The van der Waals surface area contributed by atoms with E-state index in [0.717, 1.165) is 18.0 Å². The molecule has 5 rings (SSSR count). The zero-order valence-corrected chi connectivity index (χ0v) is 30.5. The first-order valence-corrected chi connectivity index (χ1v) is 16.8. The molecule has 2 atom stereocenters. The van der Waals surface area contributed by atoms with E-state index < -0.39 is 29.6 Å². The van der Waals surface area contributed by atoms with Gasteiger partial charge in [-0.05, 0) is 68.1 Å². The van der Waals surface area contributed by atoms with E-state index in [4.69, 9.17) is 46.6 Å². The largest absolute Gasteiger partial charge is 0.619 e. The van der Waals surface area contributed by atoms with Crippen LogP contribution >= 0.6 is 23.2 Å². The Morgan fingerprint density at radius 1 is 0.923 bits per heavy atom. The third kappa shape index (κ3) is 9.25. The van der Waals surface area contributed by atoms with Crippen LogP contribution in [0.1, 0.15) is 77.1 Å². The lowest BCUT2D eigenvalue weighted by atomic mass is 9.88. The van der Waals surface area contributed by atoms with Gasteiger partial charge in [-0.15, -0.1) is 0 Å². The zero-order valence-electron chi connectivity index (χ0n) is 29.0. The number of pyridine rings is 1. The Balaban J connectivity index is 1.48. The third-order valence-corrected chi connectivity index (χ3v) is 8.49. The number of aromatic carboxylic acids is 1. The van der Waals surface area contributed by atoms with Gasteiger partial charge in [-0.2, -0.15) is 4.73 Å². The van der Waals surface area contributed by atoms with Gasteiger partial charge in [0.1, 0.15) is 27.2 Å². The minimum atomic E-state index is -1.33. The predicted molar refractivity (Wildman–Crippen MR) is 192 cm³/mol. The molecular formula is C38H37Cl2N3O9. The molecule has 3 aromatic carbocycles. The molecule has 0 bridgehead atoms. The van der Waals surface area contributed by atoms with Crippen LogP contribution in [0.4, 0.5) is 4.79 Å². The molecule has 0 fully saturated rings. The Hall–Kier alpha value is -5.46. The number of hydrogen-bond acceptors (Lipinski definition) is 9. The number of carbonyl (C=O) groups is 2. The highest BCUT2D eigenvalue weighted by Crippen LogP contribution is 2.39. The molecule has 2 heterocycles. The number of carbonyl (C=O) groups excluding carboxylic acids is 1. The molecule has 1 amide bonds. The van der Waals surface area contributed by atoms with E-state index in [2.05, 4.69) is 10.3 Å². The van der Waals surface area contributed by atoms with Crippen molar-refractivity contribution in [2.45, 2.75) is 51.4 Å². The number of hydrogen-bond donors (Lipinski definition) is 2. The first-order chi connectivity index (χ1) is 24.8. The van der Waals surface area contributed by atoms with Gasteiger partial charge in [0.2, 0.25) is 5.89 Å². The number of benzene rings is 3. The van der Waals surface area contributed by atoms with Gasteiger partial charge in [-0.1, -0.05) is 71.7 Å². The number of nitrogens with one attached hydrogen (secondary N) is 1. The summed E-state index contributed by atoms with van der Waals surface area (Å²) in [4.78, 5) is 29.7. The summed E-state index contributed by atoms with van der Waals surface area (Å²) in [6, 6.07) is 21.0. The van der Waals surface area contributed by atoms with Crippen LogP contribution in [0.5, 0.6) is 17.2 Å². The number of aromatic nitrogens is 2. The second kappa shape index (κ2) is 16.3. The van der Waals surface area contributed by atoms with E-state index in [1.54, 1.807) is 57.2 Å². The second-order valence-electron chi connectivity index (χ2n) is 12.6. The molecule has 0 saturated carbocycles. The van der Waals surface area contributed by atoms with Gasteiger partial charge in [-0.3, -0.25) is 0 Å². The summed E-state index contributed by atoms with van der Waals surface area (Å²) < 4.78 is 29.1. The molecule has 2 N–H and O–H groups in total. The van der Waals surface area contributed by atoms with Crippen LogP contribution in [0.3, 0.4) is 0 Å². The van der Waals surface area contributed by atoms with Crippen molar-refractivity contribution in [1.29, 1.82) is 0 Å². The Morgan fingerprint density at radius 2 is 1.60 bits per heavy atom. The number of oxazole rings is 1. The Bertz CT molecular complexity index is 2020. The Labute approximate surface area is 310 Å². The summed E-state index contributed by atoms with van der Waals surface area (Å²) in [5.41, 5.74) is 1.45. The molecule has 14 heteroatoms. The number of amides is 1. The standard InChI is InChI=1S/C38H37Cl2N3O9/c1-38(2,3)52-37(46)42-33(22-10-7-6-8-11-22)24-12-9-13-25(16-24)50-21-32-41-34(36(44)45)35(51-32)26(18-27-28(39)19-43(47)20-29(27)40)23-14-15-30(48-4)31(17-23)49-5/h6-17,19-20,26,33H,18,21H2,1-5H3,(H,42,46)(H,44,45)/t26-,33-/m0/s1. The number of alkyl carbamates (subject to hydrolysis) is 1. The lowest BCUT2D eigenvalue weighted by Crippen LogP contribution is -2.35. The Kier molecular flexibility index (Phi) is 11.8. The van der Waals surface area contributed by atoms with Crippen LogP contribution in [0.2, 0.25) is 10.0 Å². The van der Waals surface area contributed by atoms with E-state index in [9.17, 15) is 19.9 Å². The SMILES string of the molecule is COc1ccc([C@H](Cc2c(Cl)c[n+]([O-])cc2Cl)c2oc(COc3cccc([C@@H](NC(=O)OC(C)(C)C)c4ccccc4)c3)nc2C(=O)O)cc1OC. The monoisotopic (exact) mass is 749 g/mol. The average molecular weight is 751 g/mol. The maximum absolute atomic E-state index is 12.8. The molecule has 272 valence electrons.